The van der Waals surface area contributed by atoms with Crippen molar-refractivity contribution in [3.05, 3.63) is 87.0 Å². The summed E-state index contributed by atoms with van der Waals surface area (Å²) in [6, 6.07) is 14.0. The summed E-state index contributed by atoms with van der Waals surface area (Å²) in [6.07, 6.45) is 2.82. The predicted molar refractivity (Wildman–Crippen MR) is 110 cm³/mol. The lowest BCUT2D eigenvalue weighted by Gasteiger charge is -2.04. The van der Waals surface area contributed by atoms with Crippen LogP contribution in [-0.2, 0) is 21.3 Å². The molecule has 2 aromatic carbocycles. The molecule has 1 heterocycles. The molecule has 0 N–H and O–H groups in total. The Kier molecular flexibility index (Phi) is 6.57. The molecular formula is C19H13Cl3N2O3S. The van der Waals surface area contributed by atoms with Crippen LogP contribution in [0.25, 0.3) is 0 Å². The van der Waals surface area contributed by atoms with Gasteiger partial charge in [0.15, 0.2) is 5.03 Å². The first kappa shape index (κ1) is 20.6. The second kappa shape index (κ2) is 8.92. The van der Waals surface area contributed by atoms with Crippen LogP contribution < -0.4 is 0 Å². The Morgan fingerprint density at radius 3 is 2.32 bits per heavy atom. The minimum atomic E-state index is -3.71. The average molecular weight is 456 g/mol. The van der Waals surface area contributed by atoms with E-state index in [0.717, 1.165) is 5.56 Å². The molecule has 144 valence electrons. The Morgan fingerprint density at radius 1 is 0.964 bits per heavy atom. The molecule has 0 saturated heterocycles. The molecule has 0 atom stereocenters. The van der Waals surface area contributed by atoms with E-state index in [0.29, 0.717) is 20.6 Å². The van der Waals surface area contributed by atoms with Gasteiger partial charge in [0.2, 0.25) is 9.84 Å². The Morgan fingerprint density at radius 2 is 1.68 bits per heavy atom. The summed E-state index contributed by atoms with van der Waals surface area (Å²) in [6.45, 7) is 0.170. The zero-order chi connectivity index (χ0) is 20.1. The number of aromatic nitrogens is 1. The molecule has 0 aliphatic rings. The van der Waals surface area contributed by atoms with Gasteiger partial charge >= 0.3 is 0 Å². The van der Waals surface area contributed by atoms with Crippen LogP contribution in [0.15, 0.2) is 75.9 Å². The van der Waals surface area contributed by atoms with Crippen LogP contribution in [0.3, 0.4) is 0 Å². The third-order valence-electron chi connectivity index (χ3n) is 3.67. The number of pyridine rings is 1. The van der Waals surface area contributed by atoms with Crippen LogP contribution in [0.5, 0.6) is 0 Å². The monoisotopic (exact) mass is 454 g/mol. The van der Waals surface area contributed by atoms with Crippen molar-refractivity contribution < 1.29 is 13.3 Å². The molecule has 28 heavy (non-hydrogen) atoms. The van der Waals surface area contributed by atoms with Gasteiger partial charge in [-0.25, -0.2) is 13.4 Å². The van der Waals surface area contributed by atoms with E-state index in [2.05, 4.69) is 10.1 Å². The van der Waals surface area contributed by atoms with E-state index in [-0.39, 0.29) is 16.5 Å². The lowest BCUT2D eigenvalue weighted by Crippen LogP contribution is -2.04. The summed E-state index contributed by atoms with van der Waals surface area (Å²) >= 11 is 17.7. The van der Waals surface area contributed by atoms with Crippen LogP contribution in [-0.4, -0.2) is 19.6 Å². The molecule has 1 aromatic heterocycles. The fourth-order valence-corrected chi connectivity index (χ4v) is 3.97. The molecule has 3 aromatic rings. The van der Waals surface area contributed by atoms with Crippen molar-refractivity contribution in [3.63, 3.8) is 0 Å². The zero-order valence-corrected chi connectivity index (χ0v) is 17.3. The molecule has 0 aliphatic carbocycles. The molecule has 0 aliphatic heterocycles. The van der Waals surface area contributed by atoms with Gasteiger partial charge in [0.05, 0.1) is 11.1 Å². The van der Waals surface area contributed by atoms with E-state index < -0.39 is 9.84 Å². The van der Waals surface area contributed by atoms with Gasteiger partial charge in [-0.3, -0.25) is 0 Å². The van der Waals surface area contributed by atoms with E-state index in [9.17, 15) is 8.42 Å². The molecule has 3 rings (SSSR count). The van der Waals surface area contributed by atoms with Gasteiger partial charge in [0, 0.05) is 32.4 Å². The zero-order valence-electron chi connectivity index (χ0n) is 14.2. The van der Waals surface area contributed by atoms with Crippen LogP contribution in [0.4, 0.5) is 0 Å². The normalized spacial score (nSPS) is 11.7. The maximum atomic E-state index is 12.5. The quantitative estimate of drug-likeness (QED) is 0.367. The summed E-state index contributed by atoms with van der Waals surface area (Å²) in [7, 11) is -3.71. The number of nitrogens with zero attached hydrogens (tertiary/aromatic N) is 2. The van der Waals surface area contributed by atoms with Crippen molar-refractivity contribution >= 4 is 50.9 Å². The van der Waals surface area contributed by atoms with Gasteiger partial charge in [-0.2, -0.15) is 0 Å². The van der Waals surface area contributed by atoms with Crippen molar-refractivity contribution in [1.82, 2.24) is 4.98 Å². The topological polar surface area (TPSA) is 68.6 Å². The minimum absolute atomic E-state index is 0.0687. The van der Waals surface area contributed by atoms with E-state index in [1.54, 1.807) is 24.3 Å². The second-order valence-corrected chi connectivity index (χ2v) is 8.81. The van der Waals surface area contributed by atoms with Gasteiger partial charge in [0.25, 0.3) is 0 Å². The van der Waals surface area contributed by atoms with Crippen molar-refractivity contribution in [2.24, 2.45) is 5.16 Å². The van der Waals surface area contributed by atoms with Gasteiger partial charge in [-0.15, -0.1) is 0 Å². The summed E-state index contributed by atoms with van der Waals surface area (Å²) in [5.74, 6) is 0. The molecule has 0 saturated carbocycles. The van der Waals surface area contributed by atoms with Crippen molar-refractivity contribution in [1.29, 1.82) is 0 Å². The van der Waals surface area contributed by atoms with E-state index in [1.807, 2.05) is 0 Å². The van der Waals surface area contributed by atoms with Crippen LogP contribution in [0.1, 0.15) is 11.1 Å². The third kappa shape index (κ3) is 5.02. The lowest BCUT2D eigenvalue weighted by molar-refractivity contribution is 0.132. The number of oxime groups is 1. The number of hydrogen-bond acceptors (Lipinski definition) is 5. The van der Waals surface area contributed by atoms with Gasteiger partial charge in [-0.05, 0) is 48.5 Å². The maximum absolute atomic E-state index is 12.5. The highest BCUT2D eigenvalue weighted by Crippen LogP contribution is 2.22. The molecule has 0 radical (unpaired) electrons. The predicted octanol–water partition coefficient (Wildman–Crippen LogP) is 5.43. The van der Waals surface area contributed by atoms with Crippen LogP contribution >= 0.6 is 34.8 Å². The molecule has 0 fully saturated rings. The molecule has 0 bridgehead atoms. The molecule has 9 heteroatoms. The molecule has 0 unspecified atom stereocenters. The highest BCUT2D eigenvalue weighted by molar-refractivity contribution is 7.91. The summed E-state index contributed by atoms with van der Waals surface area (Å²) in [4.78, 5) is 9.33. The highest BCUT2D eigenvalue weighted by Gasteiger charge is 2.18. The number of sulfone groups is 1. The Bertz CT molecular complexity index is 1100. The highest BCUT2D eigenvalue weighted by atomic mass is 35.5. The van der Waals surface area contributed by atoms with Crippen LogP contribution in [0.2, 0.25) is 15.1 Å². The van der Waals surface area contributed by atoms with Crippen molar-refractivity contribution in [2.75, 3.05) is 0 Å². The summed E-state index contributed by atoms with van der Waals surface area (Å²) in [5.41, 5.74) is 1.32. The number of benzene rings is 2. The number of hydrogen-bond donors (Lipinski definition) is 0. The van der Waals surface area contributed by atoms with Crippen molar-refractivity contribution in [2.45, 2.75) is 16.5 Å². The fourth-order valence-electron chi connectivity index (χ4n) is 2.21. The summed E-state index contributed by atoms with van der Waals surface area (Å²) < 4.78 is 25.1. The van der Waals surface area contributed by atoms with Gasteiger partial charge in [-0.1, -0.05) is 46.0 Å². The molecular weight excluding hydrogens is 443 g/mol. The Labute approximate surface area is 177 Å². The number of halogens is 3. The summed E-state index contributed by atoms with van der Waals surface area (Å²) in [5, 5.41) is 5.25. The standard InChI is InChI=1S/C19H13Cl3N2O3S/c20-15-4-6-17(7-5-15)28(25,26)19-8-1-13(10-23-19)11-24-27-12-14-2-3-16(21)9-18(14)22/h1-11H,12H2/b24-11+. The fraction of sp³-hybridized carbons (Fsp3) is 0.0526. The van der Waals surface area contributed by atoms with Gasteiger partial charge in [0.1, 0.15) is 6.61 Å². The number of rotatable bonds is 6. The second-order valence-electron chi connectivity index (χ2n) is 5.63. The Balaban J connectivity index is 1.65. The first-order chi connectivity index (χ1) is 13.4. The minimum Gasteiger partial charge on any atom is -0.391 e. The van der Waals surface area contributed by atoms with E-state index >= 15 is 0 Å². The largest absolute Gasteiger partial charge is 0.391 e. The molecule has 5 nitrogen and oxygen atoms in total. The lowest BCUT2D eigenvalue weighted by atomic mass is 10.2. The van der Waals surface area contributed by atoms with E-state index in [4.69, 9.17) is 39.6 Å². The van der Waals surface area contributed by atoms with Crippen LogP contribution in [0, 0.1) is 0 Å². The molecule has 0 spiro atoms. The smallest absolute Gasteiger partial charge is 0.223 e. The first-order valence-corrected chi connectivity index (χ1v) is 10.5. The van der Waals surface area contributed by atoms with E-state index in [1.165, 1.54) is 42.7 Å². The Hall–Kier alpha value is -2.12. The van der Waals surface area contributed by atoms with Crippen molar-refractivity contribution in [3.8, 4) is 0 Å². The van der Waals surface area contributed by atoms with Gasteiger partial charge < -0.3 is 4.84 Å². The molecule has 0 amide bonds. The average Bonchev–Trinajstić information content (AvgIpc) is 2.67. The maximum Gasteiger partial charge on any atom is 0.223 e. The SMILES string of the molecule is O=S(=O)(c1ccc(Cl)cc1)c1ccc(/C=N/OCc2ccc(Cl)cc2Cl)cn1. The third-order valence-corrected chi connectivity index (χ3v) is 6.19. The first-order valence-electron chi connectivity index (χ1n) is 7.92.